The van der Waals surface area contributed by atoms with E-state index in [0.717, 1.165) is 23.9 Å². The number of aromatic nitrogens is 2. The number of oxazole rings is 1. The molecule has 3 rings (SSSR count). The zero-order valence-electron chi connectivity index (χ0n) is 10.9. The fourth-order valence-corrected chi connectivity index (χ4v) is 2.37. The maximum Gasteiger partial charge on any atom is 0.407 e. The molecule has 0 saturated carbocycles. The Kier molecular flexibility index (Phi) is 3.37. The lowest BCUT2D eigenvalue weighted by Crippen LogP contribution is -2.36. The van der Waals surface area contributed by atoms with Gasteiger partial charge in [-0.1, -0.05) is 6.08 Å². The average Bonchev–Trinajstić information content (AvgIpc) is 2.88. The zero-order valence-corrected chi connectivity index (χ0v) is 10.9. The van der Waals surface area contributed by atoms with Crippen molar-refractivity contribution in [2.75, 3.05) is 13.1 Å². The molecule has 1 aliphatic rings. The second-order valence-electron chi connectivity index (χ2n) is 4.86. The van der Waals surface area contributed by atoms with E-state index >= 15 is 0 Å². The number of allylic oxidation sites excluding steroid dienone is 1. The Bertz CT molecular complexity index is 609. The van der Waals surface area contributed by atoms with Crippen LogP contribution in [-0.2, 0) is 0 Å². The molecular weight excluding hydrogens is 258 g/mol. The summed E-state index contributed by atoms with van der Waals surface area (Å²) >= 11 is 0. The standard InChI is InChI=1S/C14H15N3O3/c18-14(19)17-7-4-10(5-8-17)1-2-13-16-11-9-15-6-3-12(11)20-13/h1-3,6,9-10H,4-5,7-8H2,(H,18,19)/b2-1+. The van der Waals surface area contributed by atoms with Crippen molar-refractivity contribution in [3.8, 4) is 0 Å². The number of hydrogen-bond donors (Lipinski definition) is 1. The fraction of sp³-hybridized carbons (Fsp3) is 0.357. The van der Waals surface area contributed by atoms with Gasteiger partial charge in [0, 0.05) is 25.4 Å². The van der Waals surface area contributed by atoms with E-state index in [4.69, 9.17) is 9.52 Å². The van der Waals surface area contributed by atoms with Gasteiger partial charge in [0.1, 0.15) is 5.52 Å². The summed E-state index contributed by atoms with van der Waals surface area (Å²) in [4.78, 5) is 20.6. The summed E-state index contributed by atoms with van der Waals surface area (Å²) in [5, 5.41) is 8.89. The van der Waals surface area contributed by atoms with Crippen molar-refractivity contribution in [2.45, 2.75) is 12.8 Å². The summed E-state index contributed by atoms with van der Waals surface area (Å²) in [6.45, 7) is 1.17. The first-order valence-electron chi connectivity index (χ1n) is 6.59. The normalized spacial score (nSPS) is 17.1. The van der Waals surface area contributed by atoms with Crippen LogP contribution < -0.4 is 0 Å². The molecular formula is C14H15N3O3. The summed E-state index contributed by atoms with van der Waals surface area (Å²) in [7, 11) is 0. The molecule has 0 aliphatic carbocycles. The molecule has 1 saturated heterocycles. The van der Waals surface area contributed by atoms with Crippen LogP contribution in [0.2, 0.25) is 0 Å². The molecule has 1 fully saturated rings. The number of rotatable bonds is 2. The topological polar surface area (TPSA) is 79.5 Å². The molecule has 20 heavy (non-hydrogen) atoms. The van der Waals surface area contributed by atoms with Crippen LogP contribution in [0.1, 0.15) is 18.7 Å². The second-order valence-corrected chi connectivity index (χ2v) is 4.86. The minimum Gasteiger partial charge on any atom is -0.465 e. The highest BCUT2D eigenvalue weighted by Gasteiger charge is 2.20. The monoisotopic (exact) mass is 273 g/mol. The molecule has 1 N–H and O–H groups in total. The third kappa shape index (κ3) is 2.64. The van der Waals surface area contributed by atoms with Gasteiger partial charge in [-0.2, -0.15) is 0 Å². The number of carbonyl (C=O) groups is 1. The minimum atomic E-state index is -0.834. The van der Waals surface area contributed by atoms with Gasteiger partial charge in [0.15, 0.2) is 5.58 Å². The fourth-order valence-electron chi connectivity index (χ4n) is 2.37. The Balaban J connectivity index is 1.64. The van der Waals surface area contributed by atoms with Crippen LogP contribution >= 0.6 is 0 Å². The number of fused-ring (bicyclic) bond motifs is 1. The van der Waals surface area contributed by atoms with Crippen molar-refractivity contribution in [3.63, 3.8) is 0 Å². The number of hydrogen-bond acceptors (Lipinski definition) is 4. The van der Waals surface area contributed by atoms with Gasteiger partial charge in [-0.3, -0.25) is 4.98 Å². The summed E-state index contributed by atoms with van der Waals surface area (Å²) in [6.07, 6.45) is 8.09. The molecule has 0 unspecified atom stereocenters. The highest BCUT2D eigenvalue weighted by atomic mass is 16.4. The van der Waals surface area contributed by atoms with Crippen molar-refractivity contribution < 1.29 is 14.3 Å². The molecule has 6 heteroatoms. The third-order valence-electron chi connectivity index (χ3n) is 3.53. The van der Waals surface area contributed by atoms with Crippen LogP contribution in [0, 0.1) is 5.92 Å². The molecule has 6 nitrogen and oxygen atoms in total. The molecule has 2 aromatic heterocycles. The number of piperidine rings is 1. The Labute approximate surface area is 115 Å². The van der Waals surface area contributed by atoms with Gasteiger partial charge in [-0.05, 0) is 24.8 Å². The first-order chi connectivity index (χ1) is 9.72. The van der Waals surface area contributed by atoms with Gasteiger partial charge < -0.3 is 14.4 Å². The van der Waals surface area contributed by atoms with E-state index in [1.54, 1.807) is 18.5 Å². The molecule has 0 atom stereocenters. The second kappa shape index (κ2) is 5.32. The molecule has 0 radical (unpaired) electrons. The number of pyridine rings is 1. The highest BCUT2D eigenvalue weighted by molar-refractivity contribution is 5.72. The van der Waals surface area contributed by atoms with Gasteiger partial charge in [0.05, 0.1) is 6.20 Å². The van der Waals surface area contributed by atoms with Crippen LogP contribution in [0.4, 0.5) is 4.79 Å². The van der Waals surface area contributed by atoms with E-state index in [2.05, 4.69) is 16.0 Å². The van der Waals surface area contributed by atoms with Crippen LogP contribution in [0.5, 0.6) is 0 Å². The van der Waals surface area contributed by atoms with E-state index in [1.165, 1.54) is 4.90 Å². The number of carboxylic acid groups (broad SMARTS) is 1. The van der Waals surface area contributed by atoms with E-state index in [0.29, 0.717) is 24.9 Å². The lowest BCUT2D eigenvalue weighted by Gasteiger charge is -2.28. The summed E-state index contributed by atoms with van der Waals surface area (Å²) in [5.41, 5.74) is 1.47. The van der Waals surface area contributed by atoms with Crippen LogP contribution in [0.15, 0.2) is 29.0 Å². The summed E-state index contributed by atoms with van der Waals surface area (Å²) in [5.74, 6) is 0.937. The van der Waals surface area contributed by atoms with E-state index in [9.17, 15) is 4.79 Å². The Morgan fingerprint density at radius 2 is 2.25 bits per heavy atom. The molecule has 1 amide bonds. The van der Waals surface area contributed by atoms with Gasteiger partial charge in [-0.25, -0.2) is 9.78 Å². The summed E-state index contributed by atoms with van der Waals surface area (Å²) in [6, 6.07) is 1.78. The van der Waals surface area contributed by atoms with Gasteiger partial charge in [0.2, 0.25) is 5.89 Å². The number of likely N-dealkylation sites (tertiary alicyclic amines) is 1. The Morgan fingerprint density at radius 1 is 1.45 bits per heavy atom. The third-order valence-corrected chi connectivity index (χ3v) is 3.53. The summed E-state index contributed by atoms with van der Waals surface area (Å²) < 4.78 is 5.58. The smallest absolute Gasteiger partial charge is 0.407 e. The molecule has 104 valence electrons. The van der Waals surface area contributed by atoms with Gasteiger partial charge >= 0.3 is 6.09 Å². The van der Waals surface area contributed by atoms with Gasteiger partial charge in [0.25, 0.3) is 0 Å². The highest BCUT2D eigenvalue weighted by Crippen LogP contribution is 2.20. The predicted octanol–water partition coefficient (Wildman–Crippen LogP) is 2.63. The molecule has 3 heterocycles. The number of nitrogens with zero attached hydrogens (tertiary/aromatic N) is 3. The van der Waals surface area contributed by atoms with Crippen molar-refractivity contribution in [2.24, 2.45) is 5.92 Å². The maximum atomic E-state index is 10.8. The Morgan fingerprint density at radius 3 is 2.95 bits per heavy atom. The molecule has 0 bridgehead atoms. The Hall–Kier alpha value is -2.37. The first-order valence-corrected chi connectivity index (χ1v) is 6.59. The van der Waals surface area contributed by atoms with Crippen LogP contribution in [0.25, 0.3) is 17.2 Å². The van der Waals surface area contributed by atoms with Gasteiger partial charge in [-0.15, -0.1) is 0 Å². The minimum absolute atomic E-state index is 0.374. The molecule has 0 spiro atoms. The molecule has 1 aliphatic heterocycles. The van der Waals surface area contributed by atoms with E-state index < -0.39 is 6.09 Å². The molecule has 0 aromatic carbocycles. The quantitative estimate of drug-likeness (QED) is 0.909. The van der Waals surface area contributed by atoms with Crippen LogP contribution in [0.3, 0.4) is 0 Å². The van der Waals surface area contributed by atoms with Crippen molar-refractivity contribution in [1.82, 2.24) is 14.9 Å². The van der Waals surface area contributed by atoms with Crippen molar-refractivity contribution >= 4 is 23.3 Å². The predicted molar refractivity (Wildman–Crippen MR) is 73.2 cm³/mol. The maximum absolute atomic E-state index is 10.8. The first kappa shape index (κ1) is 12.7. The lowest BCUT2D eigenvalue weighted by molar-refractivity contribution is 0.129. The molecule has 2 aromatic rings. The van der Waals surface area contributed by atoms with Crippen molar-refractivity contribution in [1.29, 1.82) is 0 Å². The average molecular weight is 273 g/mol. The zero-order chi connectivity index (χ0) is 13.9. The SMILES string of the molecule is O=C(O)N1CCC(/C=C/c2nc3cnccc3o2)CC1. The lowest BCUT2D eigenvalue weighted by atomic mass is 9.97. The van der Waals surface area contributed by atoms with E-state index in [-0.39, 0.29) is 0 Å². The van der Waals surface area contributed by atoms with E-state index in [1.807, 2.05) is 6.08 Å². The number of amides is 1. The largest absolute Gasteiger partial charge is 0.465 e. The van der Waals surface area contributed by atoms with Crippen molar-refractivity contribution in [3.05, 3.63) is 30.4 Å². The van der Waals surface area contributed by atoms with Crippen LogP contribution in [-0.4, -0.2) is 39.2 Å².